The number of carbonyl (C=O) groups excluding carboxylic acids is 2. The van der Waals surface area contributed by atoms with E-state index in [0.717, 1.165) is 25.7 Å². The van der Waals surface area contributed by atoms with Crippen LogP contribution in [-0.2, 0) is 19.4 Å². The summed E-state index contributed by atoms with van der Waals surface area (Å²) in [6.45, 7) is 1.23. The fraction of sp³-hybridized carbons (Fsp3) is 0.579. The number of benzene rings is 1. The fourth-order valence-corrected chi connectivity index (χ4v) is 5.69. The normalized spacial score (nSPS) is 21.7. The molecule has 0 aromatic heterocycles. The molecule has 1 heterocycles. The lowest BCUT2D eigenvalue weighted by molar-refractivity contribution is -0.137. The molecule has 0 bridgehead atoms. The van der Waals surface area contributed by atoms with Crippen molar-refractivity contribution in [3.05, 3.63) is 24.3 Å². The van der Waals surface area contributed by atoms with Crippen molar-refractivity contribution in [2.75, 3.05) is 23.4 Å². The zero-order chi connectivity index (χ0) is 19.4. The first-order valence-electron chi connectivity index (χ1n) is 9.37. The van der Waals surface area contributed by atoms with E-state index < -0.39 is 9.84 Å². The largest absolute Gasteiger partial charge is 0.482 e. The first-order chi connectivity index (χ1) is 12.9. The molecule has 2 amide bonds. The van der Waals surface area contributed by atoms with Gasteiger partial charge < -0.3 is 15.0 Å². The average molecular weight is 394 g/mol. The fourth-order valence-electron chi connectivity index (χ4n) is 3.98. The molecule has 1 aromatic rings. The van der Waals surface area contributed by atoms with Gasteiger partial charge >= 0.3 is 0 Å². The van der Waals surface area contributed by atoms with E-state index >= 15 is 0 Å². The second-order valence-electron chi connectivity index (χ2n) is 7.26. The molecule has 2 fully saturated rings. The van der Waals surface area contributed by atoms with Crippen LogP contribution >= 0.6 is 0 Å². The number of para-hydroxylation sites is 2. The third-order valence-corrected chi connectivity index (χ3v) is 6.91. The van der Waals surface area contributed by atoms with E-state index in [1.165, 1.54) is 6.92 Å². The molecule has 1 atom stereocenters. The molecule has 7 nitrogen and oxygen atoms in total. The molecule has 0 spiro atoms. The predicted octanol–water partition coefficient (Wildman–Crippen LogP) is 1.98. The Labute approximate surface area is 160 Å². The van der Waals surface area contributed by atoms with Crippen LogP contribution in [0.2, 0.25) is 0 Å². The summed E-state index contributed by atoms with van der Waals surface area (Å²) in [7, 11) is -3.07. The highest BCUT2D eigenvalue weighted by molar-refractivity contribution is 7.91. The number of rotatable bonds is 6. The van der Waals surface area contributed by atoms with Crippen molar-refractivity contribution < 1.29 is 22.7 Å². The summed E-state index contributed by atoms with van der Waals surface area (Å²) in [6.07, 6.45) is 4.42. The van der Waals surface area contributed by atoms with E-state index in [2.05, 4.69) is 5.32 Å². The lowest BCUT2D eigenvalue weighted by atomic mass is 10.1. The summed E-state index contributed by atoms with van der Waals surface area (Å²) in [5, 5.41) is 2.68. The van der Waals surface area contributed by atoms with Crippen LogP contribution in [0.3, 0.4) is 0 Å². The zero-order valence-electron chi connectivity index (χ0n) is 15.5. The molecule has 1 aliphatic heterocycles. The third-order valence-electron chi connectivity index (χ3n) is 5.16. The van der Waals surface area contributed by atoms with Gasteiger partial charge in [0.25, 0.3) is 5.91 Å². The Balaban J connectivity index is 1.71. The van der Waals surface area contributed by atoms with E-state index in [-0.39, 0.29) is 42.0 Å². The quantitative estimate of drug-likeness (QED) is 0.796. The third kappa shape index (κ3) is 5.00. The van der Waals surface area contributed by atoms with Gasteiger partial charge in [-0.15, -0.1) is 0 Å². The van der Waals surface area contributed by atoms with Gasteiger partial charge in [-0.3, -0.25) is 9.59 Å². The number of carbonyl (C=O) groups is 2. The van der Waals surface area contributed by atoms with Gasteiger partial charge in [-0.25, -0.2) is 8.42 Å². The molecule has 1 aromatic carbocycles. The SMILES string of the molecule is CC(=O)Nc1ccccc1OCC(=O)N(C1CCCC1)[C@@H]1CCS(=O)(=O)C1. The van der Waals surface area contributed by atoms with E-state index in [1.54, 1.807) is 29.2 Å². The summed E-state index contributed by atoms with van der Waals surface area (Å²) in [5.74, 6) is 0.187. The number of hydrogen-bond donors (Lipinski definition) is 1. The Morgan fingerprint density at radius 1 is 1.15 bits per heavy atom. The van der Waals surface area contributed by atoms with Crippen LogP contribution in [0, 0.1) is 0 Å². The van der Waals surface area contributed by atoms with Gasteiger partial charge in [0, 0.05) is 19.0 Å². The lowest BCUT2D eigenvalue weighted by Crippen LogP contribution is -2.48. The summed E-state index contributed by atoms with van der Waals surface area (Å²) in [4.78, 5) is 26.0. The van der Waals surface area contributed by atoms with Gasteiger partial charge in [0.2, 0.25) is 5.91 Å². The summed E-state index contributed by atoms with van der Waals surface area (Å²) < 4.78 is 29.5. The molecule has 0 unspecified atom stereocenters. The molecule has 0 radical (unpaired) electrons. The number of nitrogens with one attached hydrogen (secondary N) is 1. The summed E-state index contributed by atoms with van der Waals surface area (Å²) in [6, 6.07) is 6.76. The molecule has 1 saturated heterocycles. The molecule has 3 rings (SSSR count). The van der Waals surface area contributed by atoms with Crippen molar-refractivity contribution in [1.29, 1.82) is 0 Å². The van der Waals surface area contributed by atoms with Gasteiger partial charge in [0.15, 0.2) is 16.4 Å². The van der Waals surface area contributed by atoms with E-state index in [4.69, 9.17) is 4.74 Å². The topological polar surface area (TPSA) is 92.8 Å². The number of hydrogen-bond acceptors (Lipinski definition) is 5. The van der Waals surface area contributed by atoms with Crippen LogP contribution in [0.1, 0.15) is 39.0 Å². The molecule has 2 aliphatic rings. The van der Waals surface area contributed by atoms with Crippen molar-refractivity contribution in [3.63, 3.8) is 0 Å². The number of ether oxygens (including phenoxy) is 1. The zero-order valence-corrected chi connectivity index (χ0v) is 16.3. The molecule has 1 aliphatic carbocycles. The first kappa shape index (κ1) is 19.7. The second-order valence-corrected chi connectivity index (χ2v) is 9.49. The molecule has 148 valence electrons. The minimum atomic E-state index is -3.07. The number of sulfone groups is 1. The minimum Gasteiger partial charge on any atom is -0.482 e. The van der Waals surface area contributed by atoms with Gasteiger partial charge in [-0.1, -0.05) is 25.0 Å². The minimum absolute atomic E-state index is 0.0394. The van der Waals surface area contributed by atoms with Crippen molar-refractivity contribution in [2.45, 2.75) is 51.1 Å². The van der Waals surface area contributed by atoms with Gasteiger partial charge in [0.05, 0.1) is 17.2 Å². The Kier molecular flexibility index (Phi) is 6.04. The maximum Gasteiger partial charge on any atom is 0.261 e. The number of amides is 2. The Hall–Kier alpha value is -2.09. The summed E-state index contributed by atoms with van der Waals surface area (Å²) in [5.41, 5.74) is 0.508. The Morgan fingerprint density at radius 2 is 1.85 bits per heavy atom. The monoisotopic (exact) mass is 394 g/mol. The molecule has 8 heteroatoms. The Morgan fingerprint density at radius 3 is 2.48 bits per heavy atom. The number of anilines is 1. The van der Waals surface area contributed by atoms with E-state index in [0.29, 0.717) is 17.9 Å². The van der Waals surface area contributed by atoms with Crippen molar-refractivity contribution in [3.8, 4) is 5.75 Å². The summed E-state index contributed by atoms with van der Waals surface area (Å²) >= 11 is 0. The maximum absolute atomic E-state index is 13.0. The first-order valence-corrected chi connectivity index (χ1v) is 11.2. The van der Waals surface area contributed by atoms with E-state index in [9.17, 15) is 18.0 Å². The van der Waals surface area contributed by atoms with Crippen LogP contribution in [0.5, 0.6) is 5.75 Å². The molecule has 1 N–H and O–H groups in total. The molecular weight excluding hydrogens is 368 g/mol. The van der Waals surface area contributed by atoms with Crippen LogP contribution in [0.15, 0.2) is 24.3 Å². The van der Waals surface area contributed by atoms with Crippen LogP contribution < -0.4 is 10.1 Å². The van der Waals surface area contributed by atoms with Crippen LogP contribution in [0.25, 0.3) is 0 Å². The molecular formula is C19H26N2O5S. The smallest absolute Gasteiger partial charge is 0.261 e. The molecule has 27 heavy (non-hydrogen) atoms. The maximum atomic E-state index is 13.0. The second kappa shape index (κ2) is 8.29. The predicted molar refractivity (Wildman–Crippen MR) is 102 cm³/mol. The highest BCUT2D eigenvalue weighted by Gasteiger charge is 2.39. The van der Waals surface area contributed by atoms with Crippen LogP contribution in [0.4, 0.5) is 5.69 Å². The van der Waals surface area contributed by atoms with Gasteiger partial charge in [-0.05, 0) is 31.4 Å². The van der Waals surface area contributed by atoms with Gasteiger partial charge in [-0.2, -0.15) is 0 Å². The van der Waals surface area contributed by atoms with Crippen molar-refractivity contribution in [2.24, 2.45) is 0 Å². The van der Waals surface area contributed by atoms with Crippen LogP contribution in [-0.4, -0.2) is 55.3 Å². The average Bonchev–Trinajstić information content (AvgIpc) is 3.24. The lowest BCUT2D eigenvalue weighted by Gasteiger charge is -2.34. The van der Waals surface area contributed by atoms with Gasteiger partial charge in [0.1, 0.15) is 5.75 Å². The number of nitrogens with zero attached hydrogens (tertiary/aromatic N) is 1. The molecule has 1 saturated carbocycles. The van der Waals surface area contributed by atoms with Crippen molar-refractivity contribution in [1.82, 2.24) is 4.90 Å². The van der Waals surface area contributed by atoms with Crippen molar-refractivity contribution >= 4 is 27.3 Å². The standard InChI is InChI=1S/C19H26N2O5S/c1-14(22)20-17-8-4-5-9-18(17)26-12-19(23)21(15-6-2-3-7-15)16-10-11-27(24,25)13-16/h4-5,8-9,15-16H,2-3,6-7,10-13H2,1H3,(H,20,22)/t16-/m1/s1. The Bertz CT molecular complexity index is 802. The highest BCUT2D eigenvalue weighted by Crippen LogP contribution is 2.30. The van der Waals surface area contributed by atoms with E-state index in [1.807, 2.05) is 0 Å². The highest BCUT2D eigenvalue weighted by atomic mass is 32.2.